The third kappa shape index (κ3) is 2.48. The van der Waals surface area contributed by atoms with Crippen molar-refractivity contribution in [2.45, 2.75) is 11.8 Å². The molecule has 0 saturated heterocycles. The van der Waals surface area contributed by atoms with Gasteiger partial charge in [0, 0.05) is 6.26 Å². The molecule has 0 bridgehead atoms. The summed E-state index contributed by atoms with van der Waals surface area (Å²) in [6.07, 6.45) is 0.973. The molecule has 0 aliphatic carbocycles. The van der Waals surface area contributed by atoms with Gasteiger partial charge in [-0.2, -0.15) is 0 Å². The third-order valence-corrected chi connectivity index (χ3v) is 2.90. The maximum atomic E-state index is 13.1. The first-order valence-corrected chi connectivity index (χ1v) is 5.97. The normalized spacial score (nSPS) is 10.6. The van der Waals surface area contributed by atoms with Gasteiger partial charge in [0.1, 0.15) is 5.82 Å². The second-order valence-corrected chi connectivity index (χ2v) is 5.00. The number of anilines is 1. The zero-order chi connectivity index (χ0) is 11.6. The van der Waals surface area contributed by atoms with Gasteiger partial charge in [-0.3, -0.25) is 0 Å². The standard InChI is InChI=1S/C10H10FNO2S/c1-3-4-7-5-8(11)6-9(10(7)12)15(2,13)14/h5-6H,12H2,1-2H3. The van der Waals surface area contributed by atoms with Crippen LogP contribution in [0.4, 0.5) is 10.1 Å². The van der Waals surface area contributed by atoms with E-state index in [-0.39, 0.29) is 16.1 Å². The van der Waals surface area contributed by atoms with E-state index in [4.69, 9.17) is 5.73 Å². The quantitative estimate of drug-likeness (QED) is 0.579. The third-order valence-electron chi connectivity index (χ3n) is 1.77. The largest absolute Gasteiger partial charge is 0.397 e. The monoisotopic (exact) mass is 227 g/mol. The summed E-state index contributed by atoms with van der Waals surface area (Å²) < 4.78 is 35.6. The summed E-state index contributed by atoms with van der Waals surface area (Å²) in [6, 6.07) is 2.01. The molecule has 80 valence electrons. The molecule has 0 atom stereocenters. The minimum Gasteiger partial charge on any atom is -0.397 e. The molecule has 2 N–H and O–H groups in total. The molecule has 0 radical (unpaired) electrons. The van der Waals surface area contributed by atoms with E-state index < -0.39 is 15.7 Å². The van der Waals surface area contributed by atoms with Crippen LogP contribution >= 0.6 is 0 Å². The zero-order valence-electron chi connectivity index (χ0n) is 8.33. The molecule has 0 unspecified atom stereocenters. The van der Waals surface area contributed by atoms with Crippen molar-refractivity contribution < 1.29 is 12.8 Å². The maximum Gasteiger partial charge on any atom is 0.177 e. The van der Waals surface area contributed by atoms with Crippen LogP contribution < -0.4 is 5.73 Å². The van der Waals surface area contributed by atoms with E-state index in [1.807, 2.05) is 0 Å². The first-order valence-electron chi connectivity index (χ1n) is 4.08. The second-order valence-electron chi connectivity index (χ2n) is 3.01. The summed E-state index contributed by atoms with van der Waals surface area (Å²) >= 11 is 0. The van der Waals surface area contributed by atoms with Gasteiger partial charge in [-0.15, -0.1) is 5.92 Å². The molecule has 1 rings (SSSR count). The van der Waals surface area contributed by atoms with Crippen LogP contribution in [0.15, 0.2) is 17.0 Å². The van der Waals surface area contributed by atoms with Gasteiger partial charge < -0.3 is 5.73 Å². The fourth-order valence-corrected chi connectivity index (χ4v) is 1.97. The highest BCUT2D eigenvalue weighted by Crippen LogP contribution is 2.23. The lowest BCUT2D eigenvalue weighted by Crippen LogP contribution is -2.05. The second kappa shape index (κ2) is 3.91. The summed E-state index contributed by atoms with van der Waals surface area (Å²) in [6.45, 7) is 1.56. The van der Waals surface area contributed by atoms with E-state index in [1.54, 1.807) is 6.92 Å². The molecule has 15 heavy (non-hydrogen) atoms. The van der Waals surface area contributed by atoms with Crippen LogP contribution in [0, 0.1) is 17.7 Å². The van der Waals surface area contributed by atoms with E-state index in [9.17, 15) is 12.8 Å². The SMILES string of the molecule is CC#Cc1cc(F)cc(S(C)(=O)=O)c1N. The Morgan fingerprint density at radius 2 is 2.00 bits per heavy atom. The van der Waals surface area contributed by atoms with Crippen molar-refractivity contribution in [3.8, 4) is 11.8 Å². The lowest BCUT2D eigenvalue weighted by Gasteiger charge is -2.05. The molecule has 0 amide bonds. The summed E-state index contributed by atoms with van der Waals surface area (Å²) in [7, 11) is -3.53. The summed E-state index contributed by atoms with van der Waals surface area (Å²) in [5.74, 6) is 4.42. The smallest absolute Gasteiger partial charge is 0.177 e. The predicted octanol–water partition coefficient (Wildman–Crippen LogP) is 1.18. The van der Waals surface area contributed by atoms with Crippen LogP contribution in [0.25, 0.3) is 0 Å². The molecule has 0 aromatic heterocycles. The van der Waals surface area contributed by atoms with Crippen LogP contribution in [-0.4, -0.2) is 14.7 Å². The van der Waals surface area contributed by atoms with Crippen molar-refractivity contribution in [3.63, 3.8) is 0 Å². The average molecular weight is 227 g/mol. The van der Waals surface area contributed by atoms with Gasteiger partial charge in [-0.1, -0.05) is 5.92 Å². The number of hydrogen-bond donors (Lipinski definition) is 1. The van der Waals surface area contributed by atoms with Crippen molar-refractivity contribution in [2.24, 2.45) is 0 Å². The highest BCUT2D eigenvalue weighted by Gasteiger charge is 2.15. The van der Waals surface area contributed by atoms with Gasteiger partial charge in [0.2, 0.25) is 0 Å². The maximum absolute atomic E-state index is 13.1. The molecule has 0 aliphatic heterocycles. The Morgan fingerprint density at radius 3 is 2.47 bits per heavy atom. The number of hydrogen-bond acceptors (Lipinski definition) is 3. The summed E-state index contributed by atoms with van der Waals surface area (Å²) in [4.78, 5) is -0.222. The fraction of sp³-hybridized carbons (Fsp3) is 0.200. The molecule has 0 fully saturated rings. The molecular weight excluding hydrogens is 217 g/mol. The predicted molar refractivity (Wildman–Crippen MR) is 56.5 cm³/mol. The van der Waals surface area contributed by atoms with Crippen LogP contribution in [0.3, 0.4) is 0 Å². The lowest BCUT2D eigenvalue weighted by atomic mass is 10.2. The van der Waals surface area contributed by atoms with E-state index in [2.05, 4.69) is 11.8 Å². The van der Waals surface area contributed by atoms with E-state index in [0.717, 1.165) is 18.4 Å². The van der Waals surface area contributed by atoms with Gasteiger partial charge in [-0.25, -0.2) is 12.8 Å². The highest BCUT2D eigenvalue weighted by molar-refractivity contribution is 7.90. The fourth-order valence-electron chi connectivity index (χ4n) is 1.14. The minimum absolute atomic E-state index is 0.00625. The van der Waals surface area contributed by atoms with E-state index in [0.29, 0.717) is 0 Å². The van der Waals surface area contributed by atoms with Gasteiger partial charge in [0.25, 0.3) is 0 Å². The van der Waals surface area contributed by atoms with Crippen molar-refractivity contribution in [1.29, 1.82) is 0 Å². The zero-order valence-corrected chi connectivity index (χ0v) is 9.15. The Kier molecular flexibility index (Phi) is 3.01. The Labute approximate surface area is 88.0 Å². The molecule has 0 spiro atoms. The molecule has 0 heterocycles. The Hall–Kier alpha value is -1.54. The first kappa shape index (κ1) is 11.5. The summed E-state index contributed by atoms with van der Waals surface area (Å²) in [5.41, 5.74) is 5.76. The molecule has 1 aromatic rings. The molecular formula is C10H10FNO2S. The average Bonchev–Trinajstić information content (AvgIpc) is 2.09. The van der Waals surface area contributed by atoms with Crippen LogP contribution in [-0.2, 0) is 9.84 Å². The first-order chi connectivity index (χ1) is 6.86. The molecule has 0 saturated carbocycles. The van der Waals surface area contributed by atoms with E-state index in [1.165, 1.54) is 0 Å². The van der Waals surface area contributed by atoms with Gasteiger partial charge >= 0.3 is 0 Å². The topological polar surface area (TPSA) is 60.2 Å². The summed E-state index contributed by atoms with van der Waals surface area (Å²) in [5, 5.41) is 0. The Morgan fingerprint density at radius 1 is 1.40 bits per heavy atom. The van der Waals surface area contributed by atoms with Crippen molar-refractivity contribution >= 4 is 15.5 Å². The molecule has 0 aliphatic rings. The van der Waals surface area contributed by atoms with Gasteiger partial charge in [0.15, 0.2) is 9.84 Å². The number of rotatable bonds is 1. The molecule has 3 nitrogen and oxygen atoms in total. The van der Waals surface area contributed by atoms with Crippen molar-refractivity contribution in [2.75, 3.05) is 12.0 Å². The Bertz CT molecular complexity index is 553. The van der Waals surface area contributed by atoms with Gasteiger partial charge in [0.05, 0.1) is 16.1 Å². The lowest BCUT2D eigenvalue weighted by molar-refractivity contribution is 0.596. The highest BCUT2D eigenvalue weighted by atomic mass is 32.2. The van der Waals surface area contributed by atoms with Crippen molar-refractivity contribution in [3.05, 3.63) is 23.5 Å². The number of halogens is 1. The van der Waals surface area contributed by atoms with Crippen LogP contribution in [0.5, 0.6) is 0 Å². The van der Waals surface area contributed by atoms with Crippen LogP contribution in [0.1, 0.15) is 12.5 Å². The van der Waals surface area contributed by atoms with Crippen molar-refractivity contribution in [1.82, 2.24) is 0 Å². The number of nitrogen functional groups attached to an aromatic ring is 1. The number of benzene rings is 1. The number of nitrogens with two attached hydrogens (primary N) is 1. The molecule has 1 aromatic carbocycles. The van der Waals surface area contributed by atoms with E-state index >= 15 is 0 Å². The number of sulfone groups is 1. The van der Waals surface area contributed by atoms with Gasteiger partial charge in [-0.05, 0) is 19.1 Å². The Balaban J connectivity index is 3.61. The minimum atomic E-state index is -3.53. The van der Waals surface area contributed by atoms with Crippen LogP contribution in [0.2, 0.25) is 0 Å². The molecule has 5 heteroatoms.